The zero-order chi connectivity index (χ0) is 18.5. The van der Waals surface area contributed by atoms with Gasteiger partial charge in [-0.15, -0.1) is 0 Å². The van der Waals surface area contributed by atoms with Crippen molar-refractivity contribution in [3.8, 4) is 17.1 Å². The quantitative estimate of drug-likeness (QED) is 0.673. The lowest BCUT2D eigenvalue weighted by molar-refractivity contribution is -0.118. The third-order valence-corrected chi connectivity index (χ3v) is 3.73. The van der Waals surface area contributed by atoms with Crippen LogP contribution in [0.2, 0.25) is 5.02 Å². The molecule has 3 rings (SSSR count). The normalized spacial score (nSPS) is 10.3. The number of nitrogens with one attached hydrogen (secondary N) is 1. The number of rotatable bonds is 6. The van der Waals surface area contributed by atoms with Crippen LogP contribution >= 0.6 is 11.6 Å². The van der Waals surface area contributed by atoms with Crippen molar-refractivity contribution in [2.45, 2.75) is 0 Å². The molecule has 132 valence electrons. The number of benzene rings is 2. The summed E-state index contributed by atoms with van der Waals surface area (Å²) in [6.45, 7) is -0.275. The number of hydrogen-bond donors (Lipinski definition) is 2. The zero-order valence-electron chi connectivity index (χ0n) is 13.4. The lowest BCUT2D eigenvalue weighted by atomic mass is 10.1. The topological polar surface area (TPSA) is 88.8 Å². The SMILES string of the molecule is O=C(COc1cccc(-c2ccco2)c1)Nc1ccc(Cl)cc1C(=O)O. The summed E-state index contributed by atoms with van der Waals surface area (Å²) in [5, 5.41) is 12.0. The fourth-order valence-electron chi connectivity index (χ4n) is 2.32. The Bertz CT molecular complexity index is 937. The van der Waals surface area contributed by atoms with Gasteiger partial charge in [-0.2, -0.15) is 0 Å². The van der Waals surface area contributed by atoms with E-state index < -0.39 is 11.9 Å². The second-order valence-electron chi connectivity index (χ2n) is 5.34. The van der Waals surface area contributed by atoms with Crippen LogP contribution < -0.4 is 10.1 Å². The molecule has 0 saturated carbocycles. The van der Waals surface area contributed by atoms with Gasteiger partial charge in [0.15, 0.2) is 6.61 Å². The molecule has 0 spiro atoms. The highest BCUT2D eigenvalue weighted by atomic mass is 35.5. The summed E-state index contributed by atoms with van der Waals surface area (Å²) < 4.78 is 10.8. The minimum atomic E-state index is -1.19. The second-order valence-corrected chi connectivity index (χ2v) is 5.77. The van der Waals surface area contributed by atoms with Crippen LogP contribution in [0.25, 0.3) is 11.3 Å². The molecule has 0 unspecified atom stereocenters. The van der Waals surface area contributed by atoms with Gasteiger partial charge in [0.2, 0.25) is 0 Å². The van der Waals surface area contributed by atoms with Crippen LogP contribution in [0.4, 0.5) is 5.69 Å². The number of aromatic carboxylic acids is 1. The molecule has 0 atom stereocenters. The summed E-state index contributed by atoms with van der Waals surface area (Å²) in [7, 11) is 0. The third-order valence-electron chi connectivity index (χ3n) is 3.50. The number of amides is 1. The van der Waals surface area contributed by atoms with Gasteiger partial charge in [-0.25, -0.2) is 4.79 Å². The van der Waals surface area contributed by atoms with Crippen molar-refractivity contribution in [1.82, 2.24) is 0 Å². The summed E-state index contributed by atoms with van der Waals surface area (Å²) in [6.07, 6.45) is 1.57. The molecule has 0 aliphatic carbocycles. The monoisotopic (exact) mass is 371 g/mol. The second kappa shape index (κ2) is 7.76. The largest absolute Gasteiger partial charge is 0.484 e. The third kappa shape index (κ3) is 4.23. The maximum absolute atomic E-state index is 12.1. The molecule has 0 aliphatic rings. The molecule has 3 aromatic rings. The number of ether oxygens (including phenoxy) is 1. The smallest absolute Gasteiger partial charge is 0.337 e. The molecule has 26 heavy (non-hydrogen) atoms. The summed E-state index contributed by atoms with van der Waals surface area (Å²) in [5.41, 5.74) is 0.879. The molecule has 2 aromatic carbocycles. The molecule has 2 N–H and O–H groups in total. The fraction of sp³-hybridized carbons (Fsp3) is 0.0526. The van der Waals surface area contributed by atoms with E-state index in [1.54, 1.807) is 30.5 Å². The molecule has 0 bridgehead atoms. The molecular formula is C19H14ClNO5. The first kappa shape index (κ1) is 17.6. The van der Waals surface area contributed by atoms with E-state index in [2.05, 4.69) is 5.32 Å². The molecule has 0 saturated heterocycles. The van der Waals surface area contributed by atoms with Crippen LogP contribution in [-0.2, 0) is 4.79 Å². The van der Waals surface area contributed by atoms with Gasteiger partial charge in [0.1, 0.15) is 11.5 Å². The van der Waals surface area contributed by atoms with Crippen molar-refractivity contribution in [1.29, 1.82) is 0 Å². The van der Waals surface area contributed by atoms with E-state index in [0.717, 1.165) is 5.56 Å². The molecule has 6 nitrogen and oxygen atoms in total. The Morgan fingerprint density at radius 3 is 2.69 bits per heavy atom. The maximum atomic E-state index is 12.1. The Labute approximate surface area is 154 Å². The van der Waals surface area contributed by atoms with Crippen molar-refractivity contribution in [2.75, 3.05) is 11.9 Å². The average molecular weight is 372 g/mol. The van der Waals surface area contributed by atoms with E-state index >= 15 is 0 Å². The van der Waals surface area contributed by atoms with Crippen molar-refractivity contribution in [2.24, 2.45) is 0 Å². The van der Waals surface area contributed by atoms with E-state index in [0.29, 0.717) is 11.5 Å². The van der Waals surface area contributed by atoms with E-state index in [-0.39, 0.29) is 22.9 Å². The maximum Gasteiger partial charge on any atom is 0.337 e. The van der Waals surface area contributed by atoms with Crippen LogP contribution in [0, 0.1) is 0 Å². The molecule has 1 heterocycles. The van der Waals surface area contributed by atoms with Crippen molar-refractivity contribution in [3.63, 3.8) is 0 Å². The Morgan fingerprint density at radius 2 is 1.96 bits per heavy atom. The number of carboxylic acid groups (broad SMARTS) is 1. The Kier molecular flexibility index (Phi) is 5.24. The molecule has 7 heteroatoms. The summed E-state index contributed by atoms with van der Waals surface area (Å²) in [5.74, 6) is -0.496. The average Bonchev–Trinajstić information content (AvgIpc) is 3.16. The van der Waals surface area contributed by atoms with E-state index in [9.17, 15) is 14.7 Å². The minimum absolute atomic E-state index is 0.0920. The highest BCUT2D eigenvalue weighted by molar-refractivity contribution is 6.31. The molecule has 1 amide bonds. The Morgan fingerprint density at radius 1 is 1.12 bits per heavy atom. The van der Waals surface area contributed by atoms with Crippen LogP contribution in [0.3, 0.4) is 0 Å². The summed E-state index contributed by atoms with van der Waals surface area (Å²) >= 11 is 5.79. The molecule has 0 radical (unpaired) electrons. The first-order chi connectivity index (χ1) is 12.5. The zero-order valence-corrected chi connectivity index (χ0v) is 14.2. The lowest BCUT2D eigenvalue weighted by Crippen LogP contribution is -2.21. The predicted molar refractivity (Wildman–Crippen MR) is 96.7 cm³/mol. The number of carbonyl (C=O) groups is 2. The summed E-state index contributed by atoms with van der Waals surface area (Å²) in [6, 6.07) is 14.9. The number of carbonyl (C=O) groups excluding carboxylic acids is 1. The van der Waals surface area contributed by atoms with Gasteiger partial charge >= 0.3 is 5.97 Å². The van der Waals surface area contributed by atoms with Gasteiger partial charge in [0, 0.05) is 10.6 Å². The van der Waals surface area contributed by atoms with E-state index in [1.807, 2.05) is 12.1 Å². The van der Waals surface area contributed by atoms with Gasteiger partial charge in [-0.3, -0.25) is 4.79 Å². The van der Waals surface area contributed by atoms with E-state index in [1.165, 1.54) is 18.2 Å². The highest BCUT2D eigenvalue weighted by Gasteiger charge is 2.13. The van der Waals surface area contributed by atoms with Crippen LogP contribution in [0.5, 0.6) is 5.75 Å². The number of furan rings is 1. The highest BCUT2D eigenvalue weighted by Crippen LogP contribution is 2.24. The van der Waals surface area contributed by atoms with Crippen molar-refractivity contribution >= 4 is 29.2 Å². The van der Waals surface area contributed by atoms with Crippen LogP contribution in [0.1, 0.15) is 10.4 Å². The minimum Gasteiger partial charge on any atom is -0.484 e. The molecule has 1 aromatic heterocycles. The molecular weight excluding hydrogens is 358 g/mol. The molecule has 0 aliphatic heterocycles. The van der Waals surface area contributed by atoms with Crippen molar-refractivity contribution in [3.05, 3.63) is 71.4 Å². The first-order valence-corrected chi connectivity index (χ1v) is 8.00. The Hall–Kier alpha value is -3.25. The summed E-state index contributed by atoms with van der Waals surface area (Å²) in [4.78, 5) is 23.3. The van der Waals surface area contributed by atoms with Crippen LogP contribution in [-0.4, -0.2) is 23.6 Å². The van der Waals surface area contributed by atoms with Crippen LogP contribution in [0.15, 0.2) is 65.3 Å². The van der Waals surface area contributed by atoms with E-state index in [4.69, 9.17) is 20.8 Å². The van der Waals surface area contributed by atoms with Gasteiger partial charge in [-0.1, -0.05) is 23.7 Å². The predicted octanol–water partition coefficient (Wildman–Crippen LogP) is 4.32. The Balaban J connectivity index is 1.65. The first-order valence-electron chi connectivity index (χ1n) is 7.62. The molecule has 0 fully saturated rings. The van der Waals surface area contributed by atoms with Gasteiger partial charge < -0.3 is 19.6 Å². The standard InChI is InChI=1S/C19H14ClNO5/c20-13-6-7-16(15(10-13)19(23)24)21-18(22)11-26-14-4-1-3-12(9-14)17-5-2-8-25-17/h1-10H,11H2,(H,21,22)(H,23,24). The lowest BCUT2D eigenvalue weighted by Gasteiger charge is -2.10. The van der Waals surface area contributed by atoms with Gasteiger partial charge in [0.05, 0.1) is 17.5 Å². The van der Waals surface area contributed by atoms with Gasteiger partial charge in [0.25, 0.3) is 5.91 Å². The number of hydrogen-bond acceptors (Lipinski definition) is 4. The number of carboxylic acids is 1. The van der Waals surface area contributed by atoms with Gasteiger partial charge in [-0.05, 0) is 42.5 Å². The van der Waals surface area contributed by atoms with Crippen molar-refractivity contribution < 1.29 is 23.8 Å². The number of halogens is 1. The fourth-order valence-corrected chi connectivity index (χ4v) is 2.49. The number of anilines is 1.